The number of halogens is 1. The number of hydrogen-bond donors (Lipinski definition) is 1. The number of carboxylic acids is 1. The van der Waals surface area contributed by atoms with Crippen molar-refractivity contribution in [3.05, 3.63) is 63.6 Å². The van der Waals surface area contributed by atoms with Crippen molar-refractivity contribution >= 4 is 34.3 Å². The van der Waals surface area contributed by atoms with Crippen LogP contribution < -0.4 is 5.11 Å². The number of aromatic nitrogens is 2. The lowest BCUT2D eigenvalue weighted by molar-refractivity contribution is -0.304. The van der Waals surface area contributed by atoms with Gasteiger partial charge in [-0.2, -0.15) is 0 Å². The average molecular weight is 342 g/mol. The summed E-state index contributed by atoms with van der Waals surface area (Å²) < 4.78 is 0. The number of H-pyrrole nitrogens is 1. The second kappa shape index (κ2) is 6.09. The Kier molecular flexibility index (Phi) is 4.11. The van der Waals surface area contributed by atoms with E-state index in [1.54, 1.807) is 31.3 Å². The number of carbonyl (C=O) groups is 2. The summed E-state index contributed by atoms with van der Waals surface area (Å²) in [5, 5.41) is 12.3. The first-order valence-corrected chi connectivity index (χ1v) is 7.72. The number of ketones is 1. The molecule has 0 bridgehead atoms. The van der Waals surface area contributed by atoms with E-state index >= 15 is 0 Å². The Morgan fingerprint density at radius 2 is 2.00 bits per heavy atom. The fourth-order valence-corrected chi connectivity index (χ4v) is 2.99. The molecule has 24 heavy (non-hydrogen) atoms. The van der Waals surface area contributed by atoms with Crippen LogP contribution in [0.4, 0.5) is 0 Å². The molecule has 0 atom stereocenters. The zero-order chi connectivity index (χ0) is 17.4. The van der Waals surface area contributed by atoms with Crippen LogP contribution in [0.3, 0.4) is 0 Å². The Morgan fingerprint density at radius 1 is 1.25 bits per heavy atom. The number of carboxylic acid groups (broad SMARTS) is 1. The van der Waals surface area contributed by atoms with Crippen LogP contribution in [-0.4, -0.2) is 21.7 Å². The van der Waals surface area contributed by atoms with Gasteiger partial charge < -0.3 is 14.9 Å². The maximum absolute atomic E-state index is 12.9. The molecule has 1 aromatic carbocycles. The number of benzene rings is 1. The van der Waals surface area contributed by atoms with Gasteiger partial charge in [-0.1, -0.05) is 23.7 Å². The van der Waals surface area contributed by atoms with E-state index in [1.165, 1.54) is 0 Å². The number of aliphatic carboxylic acids is 1. The number of nitrogens with one attached hydrogen (secondary N) is 1. The van der Waals surface area contributed by atoms with Crippen molar-refractivity contribution in [3.8, 4) is 0 Å². The quantitative estimate of drug-likeness (QED) is 0.738. The summed E-state index contributed by atoms with van der Waals surface area (Å²) >= 11 is 5.98. The molecule has 5 nitrogen and oxygen atoms in total. The van der Waals surface area contributed by atoms with Crippen LogP contribution >= 0.6 is 11.6 Å². The normalized spacial score (nSPS) is 11.0. The molecule has 0 fully saturated rings. The molecule has 3 rings (SSSR count). The maximum Gasteiger partial charge on any atom is 0.228 e. The van der Waals surface area contributed by atoms with Gasteiger partial charge in [0, 0.05) is 34.5 Å². The van der Waals surface area contributed by atoms with Gasteiger partial charge in [0.05, 0.1) is 5.69 Å². The Hall–Kier alpha value is -2.66. The van der Waals surface area contributed by atoms with Crippen molar-refractivity contribution in [2.45, 2.75) is 20.3 Å². The third kappa shape index (κ3) is 2.90. The van der Waals surface area contributed by atoms with Crippen molar-refractivity contribution in [1.82, 2.24) is 9.97 Å². The highest BCUT2D eigenvalue weighted by molar-refractivity contribution is 6.31. The number of rotatable bonds is 4. The first-order valence-electron chi connectivity index (χ1n) is 7.34. The molecular formula is C18H14ClN2O3-. The number of pyridine rings is 1. The molecule has 2 aromatic heterocycles. The summed E-state index contributed by atoms with van der Waals surface area (Å²) in [6, 6.07) is 6.86. The molecular weight excluding hydrogens is 328 g/mol. The zero-order valence-electron chi connectivity index (χ0n) is 13.1. The molecule has 0 radical (unpaired) electrons. The second-order valence-corrected chi connectivity index (χ2v) is 6.16. The van der Waals surface area contributed by atoms with Crippen LogP contribution in [-0.2, 0) is 11.2 Å². The molecule has 0 unspecified atom stereocenters. The average Bonchev–Trinajstić information content (AvgIpc) is 2.83. The van der Waals surface area contributed by atoms with E-state index in [0.717, 1.165) is 11.1 Å². The van der Waals surface area contributed by atoms with E-state index in [9.17, 15) is 14.7 Å². The standard InChI is InChI=1S/C18H15ClN2O3/c1-9-5-10(2)16(20-8-9)18(24)17-13(7-15(22)23)12-4-3-11(19)6-14(12)21-17/h3-6,8,21H,7H2,1-2H3,(H,22,23)/p-1. The van der Waals surface area contributed by atoms with Gasteiger partial charge in [0.2, 0.25) is 5.78 Å². The molecule has 0 aliphatic rings. The summed E-state index contributed by atoms with van der Waals surface area (Å²) in [6.45, 7) is 3.69. The molecule has 6 heteroatoms. The molecule has 0 aliphatic heterocycles. The van der Waals surface area contributed by atoms with E-state index in [2.05, 4.69) is 9.97 Å². The smallest absolute Gasteiger partial charge is 0.228 e. The van der Waals surface area contributed by atoms with Crippen molar-refractivity contribution < 1.29 is 14.7 Å². The van der Waals surface area contributed by atoms with Gasteiger partial charge in [-0.25, -0.2) is 0 Å². The summed E-state index contributed by atoms with van der Waals surface area (Å²) in [7, 11) is 0. The summed E-state index contributed by atoms with van der Waals surface area (Å²) in [5.74, 6) is -1.61. The highest BCUT2D eigenvalue weighted by atomic mass is 35.5. The first kappa shape index (κ1) is 16.2. The van der Waals surface area contributed by atoms with Crippen molar-refractivity contribution in [2.75, 3.05) is 0 Å². The van der Waals surface area contributed by atoms with Gasteiger partial charge in [-0.3, -0.25) is 9.78 Å². The Morgan fingerprint density at radius 3 is 2.67 bits per heavy atom. The van der Waals surface area contributed by atoms with Crippen molar-refractivity contribution in [2.24, 2.45) is 0 Å². The Labute approximate surface area is 143 Å². The summed E-state index contributed by atoms with van der Waals surface area (Å²) in [6.07, 6.45) is 1.24. The van der Waals surface area contributed by atoms with Crippen LogP contribution in [0.2, 0.25) is 5.02 Å². The van der Waals surface area contributed by atoms with Crippen LogP contribution in [0.1, 0.15) is 32.9 Å². The number of fused-ring (bicyclic) bond motifs is 1. The second-order valence-electron chi connectivity index (χ2n) is 5.72. The lowest BCUT2D eigenvalue weighted by Crippen LogP contribution is -2.25. The molecule has 122 valence electrons. The molecule has 0 aliphatic carbocycles. The minimum atomic E-state index is -1.26. The lowest BCUT2D eigenvalue weighted by atomic mass is 10.0. The van der Waals surface area contributed by atoms with Gasteiger partial charge in [0.1, 0.15) is 5.69 Å². The SMILES string of the molecule is Cc1cnc(C(=O)c2[nH]c3cc(Cl)ccc3c2CC(=O)[O-])c(C)c1. The van der Waals surface area contributed by atoms with E-state index in [0.29, 0.717) is 21.5 Å². The van der Waals surface area contributed by atoms with Crippen molar-refractivity contribution in [1.29, 1.82) is 0 Å². The van der Waals surface area contributed by atoms with Crippen LogP contribution in [0, 0.1) is 13.8 Å². The van der Waals surface area contributed by atoms with Gasteiger partial charge in [0.25, 0.3) is 0 Å². The first-order chi connectivity index (χ1) is 11.4. The number of hydrogen-bond acceptors (Lipinski definition) is 4. The predicted octanol–water partition coefficient (Wildman–Crippen LogP) is 2.36. The van der Waals surface area contributed by atoms with E-state index in [1.807, 2.05) is 13.0 Å². The van der Waals surface area contributed by atoms with Gasteiger partial charge >= 0.3 is 0 Å². The van der Waals surface area contributed by atoms with Crippen molar-refractivity contribution in [3.63, 3.8) is 0 Å². The van der Waals surface area contributed by atoms with Gasteiger partial charge in [-0.15, -0.1) is 0 Å². The molecule has 0 saturated carbocycles. The molecule has 2 heterocycles. The summed E-state index contributed by atoms with van der Waals surface area (Å²) in [5.41, 5.74) is 3.16. The molecule has 1 N–H and O–H groups in total. The van der Waals surface area contributed by atoms with Gasteiger partial charge in [-0.05, 0) is 42.7 Å². The number of aromatic amines is 1. The predicted molar refractivity (Wildman–Crippen MR) is 89.2 cm³/mol. The fraction of sp³-hybridized carbons (Fsp3) is 0.167. The van der Waals surface area contributed by atoms with E-state index < -0.39 is 5.97 Å². The third-order valence-electron chi connectivity index (χ3n) is 3.85. The van der Waals surface area contributed by atoms with Crippen LogP contribution in [0.25, 0.3) is 10.9 Å². The molecule has 0 amide bonds. The molecule has 0 saturated heterocycles. The molecule has 3 aromatic rings. The van der Waals surface area contributed by atoms with E-state index in [-0.39, 0.29) is 23.6 Å². The fourth-order valence-electron chi connectivity index (χ4n) is 2.82. The number of carbonyl (C=O) groups excluding carboxylic acids is 2. The highest BCUT2D eigenvalue weighted by Gasteiger charge is 2.21. The number of nitrogens with zero attached hydrogens (tertiary/aromatic N) is 1. The molecule has 0 spiro atoms. The third-order valence-corrected chi connectivity index (χ3v) is 4.08. The Bertz CT molecular complexity index is 976. The highest BCUT2D eigenvalue weighted by Crippen LogP contribution is 2.27. The maximum atomic E-state index is 12.9. The monoisotopic (exact) mass is 341 g/mol. The summed E-state index contributed by atoms with van der Waals surface area (Å²) in [4.78, 5) is 31.2. The Balaban J connectivity index is 2.20. The van der Waals surface area contributed by atoms with Crippen LogP contribution in [0.5, 0.6) is 0 Å². The van der Waals surface area contributed by atoms with E-state index in [4.69, 9.17) is 11.6 Å². The lowest BCUT2D eigenvalue weighted by Gasteiger charge is -2.07. The minimum absolute atomic E-state index is 0.205. The number of aryl methyl sites for hydroxylation is 2. The minimum Gasteiger partial charge on any atom is -0.550 e. The van der Waals surface area contributed by atoms with Gasteiger partial charge in [0.15, 0.2) is 0 Å². The zero-order valence-corrected chi connectivity index (χ0v) is 13.9. The van der Waals surface area contributed by atoms with Crippen LogP contribution in [0.15, 0.2) is 30.5 Å². The largest absolute Gasteiger partial charge is 0.550 e. The topological polar surface area (TPSA) is 85.9 Å².